The highest BCUT2D eigenvalue weighted by Crippen LogP contribution is 2.12. The fraction of sp³-hybridized carbons (Fsp3) is 0.461. The highest BCUT2D eigenvalue weighted by molar-refractivity contribution is 5.70. The molecule has 0 amide bonds. The van der Waals surface area contributed by atoms with E-state index in [2.05, 4.69) is 293 Å². The highest BCUT2D eigenvalue weighted by Gasteiger charge is 2.16. The van der Waals surface area contributed by atoms with Crippen molar-refractivity contribution in [1.29, 1.82) is 0 Å². The molecule has 94 heavy (non-hydrogen) atoms. The van der Waals surface area contributed by atoms with Crippen molar-refractivity contribution in [3.63, 3.8) is 0 Å². The molecule has 0 fully saturated rings. The fourth-order valence-electron chi connectivity index (χ4n) is 8.83. The van der Waals surface area contributed by atoms with E-state index >= 15 is 0 Å². The van der Waals surface area contributed by atoms with Gasteiger partial charge >= 0.3 is 11.9 Å². The summed E-state index contributed by atoms with van der Waals surface area (Å²) in [6.45, 7) is 3.85. The van der Waals surface area contributed by atoms with Crippen LogP contribution in [-0.4, -0.2) is 36.4 Å². The van der Waals surface area contributed by atoms with Crippen molar-refractivity contribution in [2.45, 2.75) is 251 Å². The predicted octanol–water partition coefficient (Wildman–Crippen LogP) is 26.3. The molecule has 0 saturated heterocycles. The van der Waals surface area contributed by atoms with E-state index in [1.165, 1.54) is 0 Å². The number of hydrogen-bond donors (Lipinski definition) is 1. The number of carbonyl (C=O) groups is 2. The minimum Gasteiger partial charge on any atom is -0.462 e. The summed E-state index contributed by atoms with van der Waals surface area (Å²) in [6.07, 6.45) is 136. The Morgan fingerprint density at radius 2 is 0.426 bits per heavy atom. The van der Waals surface area contributed by atoms with Gasteiger partial charge in [0.05, 0.1) is 6.61 Å². The maximum absolute atomic E-state index is 12.4. The number of ether oxygens (including phenoxy) is 2. The van der Waals surface area contributed by atoms with Crippen LogP contribution in [0.5, 0.6) is 0 Å². The van der Waals surface area contributed by atoms with Crippen molar-refractivity contribution in [3.8, 4) is 0 Å². The lowest BCUT2D eigenvalue weighted by Crippen LogP contribution is -2.28. The molecular weight excluding hydrogens is 1150 g/mol. The number of aliphatic hydroxyl groups excluding tert-OH is 1. The van der Waals surface area contributed by atoms with E-state index in [1.807, 2.05) is 0 Å². The smallest absolute Gasteiger partial charge is 0.306 e. The molecule has 0 saturated carbocycles. The quantitative estimate of drug-likeness (QED) is 0.0373. The molecule has 1 N–H and O–H groups in total. The molecule has 0 bridgehead atoms. The third-order valence-electron chi connectivity index (χ3n) is 14.2. The van der Waals surface area contributed by atoms with Crippen molar-refractivity contribution in [3.05, 3.63) is 279 Å². The Morgan fingerprint density at radius 3 is 0.638 bits per heavy atom. The first-order chi connectivity index (χ1) is 46.6. The van der Waals surface area contributed by atoms with Crippen LogP contribution < -0.4 is 0 Å². The Labute approximate surface area is 576 Å². The first kappa shape index (κ1) is 86.9. The molecule has 1 atom stereocenters. The van der Waals surface area contributed by atoms with Crippen LogP contribution in [0.4, 0.5) is 0 Å². The van der Waals surface area contributed by atoms with E-state index in [4.69, 9.17) is 9.47 Å². The first-order valence-electron chi connectivity index (χ1n) is 36.5. The van der Waals surface area contributed by atoms with E-state index in [0.29, 0.717) is 12.8 Å². The zero-order valence-electron chi connectivity index (χ0n) is 59.1. The Hall–Kier alpha value is -7.08. The van der Waals surface area contributed by atoms with Gasteiger partial charge in [-0.2, -0.15) is 0 Å². The molecule has 0 aromatic rings. The van der Waals surface area contributed by atoms with Crippen LogP contribution in [0, 0.1) is 0 Å². The number of rotatable bonds is 63. The third-order valence-corrected chi connectivity index (χ3v) is 14.2. The van der Waals surface area contributed by atoms with Gasteiger partial charge < -0.3 is 14.6 Å². The van der Waals surface area contributed by atoms with Crippen molar-refractivity contribution in [2.75, 3.05) is 13.2 Å². The molecule has 0 aromatic heterocycles. The average Bonchev–Trinajstić information content (AvgIpc) is 3.77. The van der Waals surface area contributed by atoms with Gasteiger partial charge in [0.15, 0.2) is 6.10 Å². The van der Waals surface area contributed by atoms with Crippen molar-refractivity contribution in [1.82, 2.24) is 0 Å². The summed E-state index contributed by atoms with van der Waals surface area (Å²) in [6, 6.07) is 0. The molecule has 0 spiro atoms. The molecule has 0 radical (unpaired) electrons. The van der Waals surface area contributed by atoms with E-state index < -0.39 is 6.10 Å². The molecule has 1 unspecified atom stereocenters. The number of esters is 2. The Bertz CT molecular complexity index is 2450. The minimum absolute atomic E-state index is 0.106. The summed E-state index contributed by atoms with van der Waals surface area (Å²) in [7, 11) is 0. The second-order valence-electron chi connectivity index (χ2n) is 22.8. The summed E-state index contributed by atoms with van der Waals surface area (Å²) in [5, 5.41) is 9.70. The number of aliphatic hydroxyl groups is 1. The van der Waals surface area contributed by atoms with Crippen LogP contribution in [-0.2, 0) is 19.1 Å². The van der Waals surface area contributed by atoms with Crippen LogP contribution in [0.3, 0.4) is 0 Å². The fourth-order valence-corrected chi connectivity index (χ4v) is 8.83. The van der Waals surface area contributed by atoms with Gasteiger partial charge in [-0.1, -0.05) is 325 Å². The molecular formula is C89H130O5. The largest absolute Gasteiger partial charge is 0.462 e. The number of allylic oxidation sites excluding steroid dienone is 46. The van der Waals surface area contributed by atoms with Gasteiger partial charge in [-0.25, -0.2) is 0 Å². The minimum atomic E-state index is -0.819. The molecule has 516 valence electrons. The zero-order chi connectivity index (χ0) is 67.5. The van der Waals surface area contributed by atoms with Gasteiger partial charge in [-0.3, -0.25) is 9.59 Å². The molecule has 5 heteroatoms. The van der Waals surface area contributed by atoms with E-state index in [-0.39, 0.29) is 25.2 Å². The summed E-state index contributed by atoms with van der Waals surface area (Å²) in [4.78, 5) is 24.7. The summed E-state index contributed by atoms with van der Waals surface area (Å²) in [5.41, 5.74) is 0. The topological polar surface area (TPSA) is 72.8 Å². The molecule has 0 aromatic carbocycles. The summed E-state index contributed by atoms with van der Waals surface area (Å²) in [5.74, 6) is -0.665. The summed E-state index contributed by atoms with van der Waals surface area (Å²) >= 11 is 0. The SMILES string of the molecule is CC/C=C\C/C=C\C/C=C\C/C=C\C/C=C\C/C=C\C/C=C\C/C=C\C/C=C\C/C=C\C/C=C\C/C=C\CCCCCCC(=O)OC(CO)COC(=O)CCCCCCC/C=C\C/C=C\C/C=C\C/C=C\C/C=C\C/C=C\C/C=C\C/C=C\C/C=C\C/C=C\C/C=C\CC. The number of hydrogen-bond acceptors (Lipinski definition) is 5. The molecule has 0 rings (SSSR count). The van der Waals surface area contributed by atoms with Gasteiger partial charge in [0, 0.05) is 12.8 Å². The van der Waals surface area contributed by atoms with Crippen LogP contribution in [0.1, 0.15) is 245 Å². The maximum atomic E-state index is 12.4. The summed E-state index contributed by atoms with van der Waals surface area (Å²) < 4.78 is 10.7. The van der Waals surface area contributed by atoms with Gasteiger partial charge in [0.2, 0.25) is 0 Å². The molecule has 0 aliphatic heterocycles. The van der Waals surface area contributed by atoms with Crippen molar-refractivity contribution < 1.29 is 24.2 Å². The standard InChI is InChI=1S/C89H130O5/c1-3-5-7-9-11-13-15-17-19-21-23-25-27-29-31-33-35-37-39-41-43-44-46-48-50-52-54-56-58-60-62-64-66-68-70-72-74-76-78-80-82-84-89(92)94-87(85-90)86-93-88(91)83-81-79-77-75-73-71-69-67-65-63-61-59-57-55-53-51-49-47-45-42-40-38-36-34-32-30-28-26-24-22-20-18-16-14-12-10-8-6-4-2/h5-8,11-14,17-20,23-26,29-32,35-38,41-43,45-46,48-49,51-52,54-55,57-58,60-61,63-64,66-67,69-70,72,87,90H,3-4,9-10,15-16,21-22,27-28,33-34,39-40,44,47,50,53,56,59,62,65,68,71,73-86H2,1-2H3/b7-5-,8-6-,13-11-,14-12-,19-17-,20-18-,25-23-,26-24-,31-29-,32-30-,37-35-,38-36-,43-41-,45-42-,48-46-,51-49-,54-52-,57-55-,60-58-,63-61-,66-64-,69-67-,72-70-. The van der Waals surface area contributed by atoms with Crippen LogP contribution in [0.2, 0.25) is 0 Å². The second-order valence-corrected chi connectivity index (χ2v) is 22.8. The van der Waals surface area contributed by atoms with Crippen molar-refractivity contribution >= 4 is 11.9 Å². The Kier molecular flexibility index (Phi) is 74.1. The van der Waals surface area contributed by atoms with Crippen LogP contribution in [0.15, 0.2) is 279 Å². The molecule has 0 aliphatic carbocycles. The second kappa shape index (κ2) is 80.2. The first-order valence-corrected chi connectivity index (χ1v) is 36.5. The predicted molar refractivity (Wildman–Crippen MR) is 416 cm³/mol. The normalized spacial score (nSPS) is 13.9. The lowest BCUT2D eigenvalue weighted by Gasteiger charge is -2.15. The Morgan fingerprint density at radius 1 is 0.245 bits per heavy atom. The number of carbonyl (C=O) groups excluding carboxylic acids is 2. The van der Waals surface area contributed by atoms with Crippen molar-refractivity contribution in [2.24, 2.45) is 0 Å². The Balaban J connectivity index is 3.72. The molecule has 5 nitrogen and oxygen atoms in total. The van der Waals surface area contributed by atoms with Crippen LogP contribution in [0.25, 0.3) is 0 Å². The monoisotopic (exact) mass is 1280 g/mol. The average molecular weight is 1280 g/mol. The van der Waals surface area contributed by atoms with Gasteiger partial charge in [0.25, 0.3) is 0 Å². The lowest BCUT2D eigenvalue weighted by molar-refractivity contribution is -0.161. The van der Waals surface area contributed by atoms with Gasteiger partial charge in [0.1, 0.15) is 6.61 Å². The maximum Gasteiger partial charge on any atom is 0.306 e. The van der Waals surface area contributed by atoms with Crippen LogP contribution >= 0.6 is 0 Å². The molecule has 0 aliphatic rings. The lowest BCUT2D eigenvalue weighted by atomic mass is 10.1. The zero-order valence-corrected chi connectivity index (χ0v) is 59.1. The van der Waals surface area contributed by atoms with E-state index in [1.54, 1.807) is 0 Å². The third kappa shape index (κ3) is 77.4. The number of unbranched alkanes of at least 4 members (excludes halogenated alkanes) is 9. The van der Waals surface area contributed by atoms with Gasteiger partial charge in [-0.15, -0.1) is 0 Å². The highest BCUT2D eigenvalue weighted by atomic mass is 16.6. The molecule has 0 heterocycles. The van der Waals surface area contributed by atoms with Gasteiger partial charge in [-0.05, 0) is 186 Å². The van der Waals surface area contributed by atoms with E-state index in [0.717, 1.165) is 218 Å². The van der Waals surface area contributed by atoms with E-state index in [9.17, 15) is 14.7 Å².